The van der Waals surface area contributed by atoms with Crippen molar-refractivity contribution >= 4 is 22.6 Å². The molecule has 1 aromatic rings. The van der Waals surface area contributed by atoms with Crippen LogP contribution in [0.2, 0.25) is 0 Å². The van der Waals surface area contributed by atoms with Crippen molar-refractivity contribution in [3.8, 4) is 0 Å². The lowest BCUT2D eigenvalue weighted by atomic mass is 10.1. The fourth-order valence-corrected chi connectivity index (χ4v) is 3.36. The van der Waals surface area contributed by atoms with Gasteiger partial charge in [-0.05, 0) is 26.8 Å². The van der Waals surface area contributed by atoms with Gasteiger partial charge in [-0.3, -0.25) is 10.4 Å². The molecule has 120 valence electrons. The van der Waals surface area contributed by atoms with Crippen LogP contribution in [-0.2, 0) is 11.3 Å². The first-order valence-corrected chi connectivity index (χ1v) is 8.35. The Hall–Kier alpha value is -1.53. The third-order valence-electron chi connectivity index (χ3n) is 3.57. The van der Waals surface area contributed by atoms with E-state index in [2.05, 4.69) is 46.6 Å². The van der Waals surface area contributed by atoms with Gasteiger partial charge in [-0.2, -0.15) is 5.10 Å². The zero-order valence-corrected chi connectivity index (χ0v) is 14.5. The van der Waals surface area contributed by atoms with E-state index in [0.29, 0.717) is 6.61 Å². The standard InChI is InChI=1S/C16H24N4OS/c1-6-7-20-12(3)8-14(13(20)4)15-10-22-16(19-18-15)17-11(2)9-21-5/h6,8,11H,1,7,9-10H2,2-5H3,(H,17,19)/t11-/m1/s1. The molecule has 0 amide bonds. The molecule has 0 fully saturated rings. The van der Waals surface area contributed by atoms with E-state index in [1.165, 1.54) is 17.0 Å². The van der Waals surface area contributed by atoms with E-state index in [0.717, 1.165) is 23.2 Å². The van der Waals surface area contributed by atoms with Gasteiger partial charge < -0.3 is 9.30 Å². The number of thioether (sulfide) groups is 1. The normalized spacial score (nSPS) is 18.0. The van der Waals surface area contributed by atoms with Crippen LogP contribution in [0.1, 0.15) is 23.9 Å². The van der Waals surface area contributed by atoms with Crippen molar-refractivity contribution in [1.29, 1.82) is 0 Å². The Kier molecular flexibility index (Phi) is 5.85. The second kappa shape index (κ2) is 7.65. The van der Waals surface area contributed by atoms with E-state index in [-0.39, 0.29) is 6.04 Å². The van der Waals surface area contributed by atoms with E-state index in [1.54, 1.807) is 18.9 Å². The average Bonchev–Trinajstić information content (AvgIpc) is 2.77. The number of hydrogen-bond donors (Lipinski definition) is 1. The summed E-state index contributed by atoms with van der Waals surface area (Å²) < 4.78 is 7.35. The predicted molar refractivity (Wildman–Crippen MR) is 95.0 cm³/mol. The number of amidine groups is 1. The molecular formula is C16H24N4OS. The minimum absolute atomic E-state index is 0.134. The molecule has 0 spiro atoms. The monoisotopic (exact) mass is 320 g/mol. The lowest BCUT2D eigenvalue weighted by Crippen LogP contribution is -2.27. The first-order valence-electron chi connectivity index (χ1n) is 7.37. The van der Waals surface area contributed by atoms with Crippen molar-refractivity contribution in [1.82, 2.24) is 9.99 Å². The fourth-order valence-electron chi connectivity index (χ4n) is 2.50. The van der Waals surface area contributed by atoms with Gasteiger partial charge in [-0.1, -0.05) is 17.8 Å². The molecule has 0 saturated heterocycles. The Labute approximate surface area is 136 Å². The molecule has 0 bridgehead atoms. The van der Waals surface area contributed by atoms with Crippen molar-refractivity contribution in [2.45, 2.75) is 33.4 Å². The SMILES string of the molecule is C=CCn1c(C)cc(C2=NNC(=N[C@H](C)COC)SC2)c1C. The quantitative estimate of drug-likeness (QED) is 0.820. The molecule has 0 unspecified atom stereocenters. The van der Waals surface area contributed by atoms with Crippen LogP contribution in [0.25, 0.3) is 0 Å². The smallest absolute Gasteiger partial charge is 0.177 e. The molecule has 0 aliphatic carbocycles. The predicted octanol–water partition coefficient (Wildman–Crippen LogP) is 2.72. The van der Waals surface area contributed by atoms with Crippen molar-refractivity contribution in [2.75, 3.05) is 19.5 Å². The van der Waals surface area contributed by atoms with Crippen LogP contribution in [0, 0.1) is 13.8 Å². The second-order valence-corrected chi connectivity index (χ2v) is 6.35. The molecule has 1 aromatic heterocycles. The molecule has 2 rings (SSSR count). The van der Waals surface area contributed by atoms with Crippen LogP contribution in [0.3, 0.4) is 0 Å². The van der Waals surface area contributed by atoms with Gasteiger partial charge >= 0.3 is 0 Å². The number of allylic oxidation sites excluding steroid dienone is 1. The summed E-state index contributed by atoms with van der Waals surface area (Å²) >= 11 is 1.68. The first kappa shape index (κ1) is 16.8. The maximum atomic E-state index is 5.10. The lowest BCUT2D eigenvalue weighted by molar-refractivity contribution is 0.186. The summed E-state index contributed by atoms with van der Waals surface area (Å²) in [7, 11) is 1.69. The van der Waals surface area contributed by atoms with E-state index in [1.807, 2.05) is 13.0 Å². The number of aryl methyl sites for hydroxylation is 1. The summed E-state index contributed by atoms with van der Waals surface area (Å²) in [5.41, 5.74) is 7.78. The largest absolute Gasteiger partial charge is 0.382 e. The molecule has 0 aromatic carbocycles. The molecular weight excluding hydrogens is 296 g/mol. The molecule has 2 heterocycles. The summed E-state index contributed by atoms with van der Waals surface area (Å²) in [5.74, 6) is 0.823. The molecule has 22 heavy (non-hydrogen) atoms. The molecule has 1 aliphatic heterocycles. The van der Waals surface area contributed by atoms with Gasteiger partial charge in [0.15, 0.2) is 5.17 Å². The number of hydrazone groups is 1. The molecule has 1 aliphatic rings. The van der Waals surface area contributed by atoms with Crippen molar-refractivity contribution in [3.63, 3.8) is 0 Å². The van der Waals surface area contributed by atoms with Gasteiger partial charge in [0.05, 0.1) is 18.4 Å². The Balaban J connectivity index is 2.14. The van der Waals surface area contributed by atoms with Crippen molar-refractivity contribution < 1.29 is 4.74 Å². The molecule has 6 heteroatoms. The Morgan fingerprint density at radius 3 is 2.95 bits per heavy atom. The van der Waals surface area contributed by atoms with E-state index in [9.17, 15) is 0 Å². The molecule has 1 atom stereocenters. The third kappa shape index (κ3) is 3.81. The Bertz CT molecular complexity index is 604. The number of aliphatic imine (C=N–C) groups is 1. The summed E-state index contributed by atoms with van der Waals surface area (Å²) in [6.07, 6.45) is 1.92. The number of nitrogens with one attached hydrogen (secondary N) is 1. The molecule has 0 saturated carbocycles. The minimum atomic E-state index is 0.134. The molecule has 1 N–H and O–H groups in total. The minimum Gasteiger partial charge on any atom is -0.382 e. The highest BCUT2D eigenvalue weighted by Gasteiger charge is 2.18. The summed E-state index contributed by atoms with van der Waals surface area (Å²) in [6, 6.07) is 2.32. The van der Waals surface area contributed by atoms with Gasteiger partial charge in [0.25, 0.3) is 0 Å². The second-order valence-electron chi connectivity index (χ2n) is 5.38. The van der Waals surface area contributed by atoms with Crippen LogP contribution < -0.4 is 5.43 Å². The van der Waals surface area contributed by atoms with Gasteiger partial charge in [0, 0.05) is 36.4 Å². The maximum Gasteiger partial charge on any atom is 0.177 e. The van der Waals surface area contributed by atoms with Crippen LogP contribution >= 0.6 is 11.8 Å². The zero-order chi connectivity index (χ0) is 16.1. The Morgan fingerprint density at radius 1 is 1.59 bits per heavy atom. The van der Waals surface area contributed by atoms with Crippen molar-refractivity contribution in [2.24, 2.45) is 10.1 Å². The van der Waals surface area contributed by atoms with Crippen LogP contribution in [-0.4, -0.2) is 41.0 Å². The average molecular weight is 320 g/mol. The van der Waals surface area contributed by atoms with E-state index < -0.39 is 0 Å². The molecule has 5 nitrogen and oxygen atoms in total. The number of ether oxygens (including phenoxy) is 1. The number of hydrogen-bond acceptors (Lipinski definition) is 4. The summed E-state index contributed by atoms with van der Waals surface area (Å²) in [6.45, 7) is 11.5. The zero-order valence-electron chi connectivity index (χ0n) is 13.7. The fraction of sp³-hybridized carbons (Fsp3) is 0.500. The van der Waals surface area contributed by atoms with E-state index in [4.69, 9.17) is 4.74 Å². The summed E-state index contributed by atoms with van der Waals surface area (Å²) in [5, 5.41) is 5.36. The number of rotatable bonds is 6. The van der Waals surface area contributed by atoms with Gasteiger partial charge in [0.2, 0.25) is 0 Å². The molecule has 0 radical (unpaired) electrons. The highest BCUT2D eigenvalue weighted by Crippen LogP contribution is 2.20. The number of methoxy groups -OCH3 is 1. The lowest BCUT2D eigenvalue weighted by Gasteiger charge is -2.16. The van der Waals surface area contributed by atoms with E-state index >= 15 is 0 Å². The maximum absolute atomic E-state index is 5.10. The first-order chi connectivity index (χ1) is 10.6. The van der Waals surface area contributed by atoms with Crippen LogP contribution in [0.5, 0.6) is 0 Å². The highest BCUT2D eigenvalue weighted by molar-refractivity contribution is 8.14. The summed E-state index contributed by atoms with van der Waals surface area (Å²) in [4.78, 5) is 4.55. The highest BCUT2D eigenvalue weighted by atomic mass is 32.2. The topological polar surface area (TPSA) is 50.9 Å². The van der Waals surface area contributed by atoms with Crippen LogP contribution in [0.4, 0.5) is 0 Å². The van der Waals surface area contributed by atoms with Gasteiger partial charge in [-0.15, -0.1) is 6.58 Å². The number of nitrogens with zero attached hydrogens (tertiary/aromatic N) is 3. The Morgan fingerprint density at radius 2 is 2.36 bits per heavy atom. The van der Waals surface area contributed by atoms with Gasteiger partial charge in [-0.25, -0.2) is 0 Å². The van der Waals surface area contributed by atoms with Crippen molar-refractivity contribution in [3.05, 3.63) is 35.7 Å². The van der Waals surface area contributed by atoms with Gasteiger partial charge in [0.1, 0.15) is 0 Å². The third-order valence-corrected chi connectivity index (χ3v) is 4.46. The number of aromatic nitrogens is 1. The van der Waals surface area contributed by atoms with Crippen LogP contribution in [0.15, 0.2) is 28.8 Å².